The second kappa shape index (κ2) is 8.66. The van der Waals surface area contributed by atoms with E-state index in [1.54, 1.807) is 6.07 Å². The molecule has 1 aliphatic heterocycles. The molecule has 2 N–H and O–H groups in total. The van der Waals surface area contributed by atoms with Gasteiger partial charge in [-0.05, 0) is 55.1 Å². The molecule has 4 rings (SSSR count). The maximum atomic E-state index is 14.2. The van der Waals surface area contributed by atoms with Crippen molar-refractivity contribution in [3.8, 4) is 11.3 Å². The first-order valence-corrected chi connectivity index (χ1v) is 10.3. The van der Waals surface area contributed by atoms with Gasteiger partial charge < -0.3 is 5.11 Å². The third-order valence-corrected chi connectivity index (χ3v) is 6.10. The van der Waals surface area contributed by atoms with Crippen LogP contribution in [0.25, 0.3) is 11.3 Å². The van der Waals surface area contributed by atoms with E-state index in [4.69, 9.17) is 11.6 Å². The van der Waals surface area contributed by atoms with Crippen molar-refractivity contribution in [2.45, 2.75) is 25.8 Å². The zero-order valence-electron chi connectivity index (χ0n) is 16.2. The molecule has 29 heavy (non-hydrogen) atoms. The summed E-state index contributed by atoms with van der Waals surface area (Å²) >= 11 is 6.01. The second-order valence-corrected chi connectivity index (χ2v) is 8.45. The molecule has 0 amide bonds. The van der Waals surface area contributed by atoms with Crippen molar-refractivity contribution in [3.05, 3.63) is 76.7 Å². The van der Waals surface area contributed by atoms with Gasteiger partial charge in [0.1, 0.15) is 5.82 Å². The molecule has 6 heteroatoms. The fourth-order valence-electron chi connectivity index (χ4n) is 4.36. The summed E-state index contributed by atoms with van der Waals surface area (Å²) in [5.41, 5.74) is 3.47. The lowest BCUT2D eigenvalue weighted by atomic mass is 9.75. The van der Waals surface area contributed by atoms with E-state index in [9.17, 15) is 9.50 Å². The van der Waals surface area contributed by atoms with Crippen LogP contribution in [0, 0.1) is 11.2 Å². The van der Waals surface area contributed by atoms with E-state index in [1.807, 2.05) is 42.6 Å². The normalized spacial score (nSPS) is 20.1. The minimum Gasteiger partial charge on any atom is -0.396 e. The van der Waals surface area contributed by atoms with Crippen LogP contribution < -0.4 is 0 Å². The number of aromatic nitrogens is 2. The Kier molecular flexibility index (Phi) is 5.99. The molecule has 2 heterocycles. The van der Waals surface area contributed by atoms with E-state index in [2.05, 4.69) is 15.1 Å². The topological polar surface area (TPSA) is 52.1 Å². The summed E-state index contributed by atoms with van der Waals surface area (Å²) < 4.78 is 14.2. The monoisotopic (exact) mass is 413 g/mol. The van der Waals surface area contributed by atoms with Crippen LogP contribution in [0.5, 0.6) is 0 Å². The molecular weight excluding hydrogens is 389 g/mol. The fraction of sp³-hybridized carbons (Fsp3) is 0.348. The van der Waals surface area contributed by atoms with Gasteiger partial charge in [-0.1, -0.05) is 41.9 Å². The molecule has 152 valence electrons. The molecule has 1 aromatic heterocycles. The molecule has 1 atom stereocenters. The summed E-state index contributed by atoms with van der Waals surface area (Å²) in [5.74, 6) is -0.197. The largest absolute Gasteiger partial charge is 0.396 e. The van der Waals surface area contributed by atoms with Gasteiger partial charge in [-0.25, -0.2) is 4.39 Å². The van der Waals surface area contributed by atoms with Gasteiger partial charge in [0, 0.05) is 29.1 Å². The van der Waals surface area contributed by atoms with E-state index in [1.165, 1.54) is 6.07 Å². The molecule has 0 aliphatic carbocycles. The van der Waals surface area contributed by atoms with Crippen LogP contribution in [0.15, 0.2) is 54.7 Å². The predicted molar refractivity (Wildman–Crippen MR) is 113 cm³/mol. The van der Waals surface area contributed by atoms with Gasteiger partial charge in [-0.3, -0.25) is 10.00 Å². The van der Waals surface area contributed by atoms with Gasteiger partial charge in [0.15, 0.2) is 0 Å². The number of aliphatic hydroxyl groups excluding tert-OH is 1. The quantitative estimate of drug-likeness (QED) is 0.616. The lowest BCUT2D eigenvalue weighted by Crippen LogP contribution is -2.46. The Balaban J connectivity index is 1.51. The summed E-state index contributed by atoms with van der Waals surface area (Å²) in [7, 11) is 0. The van der Waals surface area contributed by atoms with Crippen LogP contribution in [0.1, 0.15) is 24.0 Å². The van der Waals surface area contributed by atoms with Gasteiger partial charge in [0.05, 0.1) is 18.5 Å². The Morgan fingerprint density at radius 3 is 2.69 bits per heavy atom. The molecule has 1 unspecified atom stereocenters. The molecule has 0 saturated carbocycles. The highest BCUT2D eigenvalue weighted by Crippen LogP contribution is 2.35. The van der Waals surface area contributed by atoms with Gasteiger partial charge in [0.25, 0.3) is 0 Å². The lowest BCUT2D eigenvalue weighted by Gasteiger charge is -2.42. The molecular formula is C23H25ClFN3O. The first-order valence-electron chi connectivity index (χ1n) is 9.93. The standard InChI is InChI=1S/C23H25ClFN3O/c24-20-8-6-17(7-9-20)22-19(13-26-27-22)14-28-11-3-10-23(15-28,16-29)12-18-4-1-2-5-21(18)25/h1-2,4-9,13,29H,3,10-12,14-16H2,(H,26,27). The van der Waals surface area contributed by atoms with Crippen molar-refractivity contribution < 1.29 is 9.50 Å². The first-order chi connectivity index (χ1) is 14.1. The maximum Gasteiger partial charge on any atom is 0.126 e. The average Bonchev–Trinajstić information content (AvgIpc) is 3.19. The molecule has 0 bridgehead atoms. The van der Waals surface area contributed by atoms with Crippen LogP contribution in [0.2, 0.25) is 5.02 Å². The molecule has 1 aliphatic rings. The number of rotatable bonds is 6. The smallest absolute Gasteiger partial charge is 0.126 e. The molecule has 2 aromatic carbocycles. The minimum absolute atomic E-state index is 0.0489. The van der Waals surface area contributed by atoms with Crippen LogP contribution in [0.4, 0.5) is 4.39 Å². The SMILES string of the molecule is OCC1(Cc2ccccc2F)CCCN(Cc2cn[nH]c2-c2ccc(Cl)cc2)C1. The highest BCUT2D eigenvalue weighted by Gasteiger charge is 2.36. The van der Waals surface area contributed by atoms with Crippen molar-refractivity contribution in [1.82, 2.24) is 15.1 Å². The van der Waals surface area contributed by atoms with Crippen LogP contribution >= 0.6 is 11.6 Å². The van der Waals surface area contributed by atoms with Gasteiger partial charge in [-0.15, -0.1) is 0 Å². The van der Waals surface area contributed by atoms with Gasteiger partial charge in [-0.2, -0.15) is 5.10 Å². The third kappa shape index (κ3) is 4.53. The van der Waals surface area contributed by atoms with Crippen LogP contribution in [0.3, 0.4) is 0 Å². The number of halogens is 2. The second-order valence-electron chi connectivity index (χ2n) is 8.02. The van der Waals surface area contributed by atoms with Crippen molar-refractivity contribution in [3.63, 3.8) is 0 Å². The predicted octanol–water partition coefficient (Wildman–Crippen LogP) is 4.69. The Morgan fingerprint density at radius 1 is 1.14 bits per heavy atom. The third-order valence-electron chi connectivity index (χ3n) is 5.84. The Hall–Kier alpha value is -2.21. The Labute approximate surface area is 175 Å². The van der Waals surface area contributed by atoms with Crippen molar-refractivity contribution >= 4 is 11.6 Å². The number of aliphatic hydroxyl groups is 1. The zero-order valence-corrected chi connectivity index (χ0v) is 17.0. The summed E-state index contributed by atoms with van der Waals surface area (Å²) in [5, 5.41) is 18.2. The van der Waals surface area contributed by atoms with E-state index < -0.39 is 0 Å². The average molecular weight is 414 g/mol. The Morgan fingerprint density at radius 2 is 1.93 bits per heavy atom. The van der Waals surface area contributed by atoms with E-state index in [0.29, 0.717) is 17.0 Å². The highest BCUT2D eigenvalue weighted by molar-refractivity contribution is 6.30. The molecule has 1 saturated heterocycles. The van der Waals surface area contributed by atoms with Crippen molar-refractivity contribution in [2.24, 2.45) is 5.41 Å². The van der Waals surface area contributed by atoms with E-state index in [-0.39, 0.29) is 17.8 Å². The summed E-state index contributed by atoms with van der Waals surface area (Å²) in [6.45, 7) is 2.45. The van der Waals surface area contributed by atoms with Gasteiger partial charge >= 0.3 is 0 Å². The number of aromatic amines is 1. The fourth-order valence-corrected chi connectivity index (χ4v) is 4.48. The van der Waals surface area contributed by atoms with E-state index in [0.717, 1.165) is 49.3 Å². The molecule has 0 radical (unpaired) electrons. The first kappa shape index (κ1) is 20.1. The zero-order chi connectivity index (χ0) is 20.3. The van der Waals surface area contributed by atoms with E-state index >= 15 is 0 Å². The van der Waals surface area contributed by atoms with Crippen LogP contribution in [-0.2, 0) is 13.0 Å². The number of H-pyrrole nitrogens is 1. The number of nitrogens with one attached hydrogen (secondary N) is 1. The number of benzene rings is 2. The lowest BCUT2D eigenvalue weighted by molar-refractivity contribution is 0.0283. The number of nitrogens with zero attached hydrogens (tertiary/aromatic N) is 2. The number of piperidine rings is 1. The number of likely N-dealkylation sites (tertiary alicyclic amines) is 1. The van der Waals surface area contributed by atoms with Gasteiger partial charge in [0.2, 0.25) is 0 Å². The summed E-state index contributed by atoms with van der Waals surface area (Å²) in [6.07, 6.45) is 4.27. The number of hydrogen-bond acceptors (Lipinski definition) is 3. The minimum atomic E-state index is -0.329. The van der Waals surface area contributed by atoms with Crippen molar-refractivity contribution in [1.29, 1.82) is 0 Å². The summed E-state index contributed by atoms with van der Waals surface area (Å²) in [6, 6.07) is 14.6. The molecule has 4 nitrogen and oxygen atoms in total. The van der Waals surface area contributed by atoms with Crippen molar-refractivity contribution in [2.75, 3.05) is 19.7 Å². The molecule has 0 spiro atoms. The van der Waals surface area contributed by atoms with Crippen LogP contribution in [-0.4, -0.2) is 39.9 Å². The molecule has 3 aromatic rings. The molecule has 1 fully saturated rings. The summed E-state index contributed by atoms with van der Waals surface area (Å²) in [4.78, 5) is 2.34. The highest BCUT2D eigenvalue weighted by atomic mass is 35.5. The maximum absolute atomic E-state index is 14.2. The Bertz CT molecular complexity index is 959. The number of hydrogen-bond donors (Lipinski definition) is 2.